The van der Waals surface area contributed by atoms with Gasteiger partial charge in [0.15, 0.2) is 0 Å². The lowest BCUT2D eigenvalue weighted by molar-refractivity contribution is 0.112. The van der Waals surface area contributed by atoms with E-state index in [9.17, 15) is 4.79 Å². The molecule has 104 valence electrons. The van der Waals surface area contributed by atoms with Gasteiger partial charge in [0.05, 0.1) is 0 Å². The van der Waals surface area contributed by atoms with E-state index in [1.54, 1.807) is 0 Å². The fourth-order valence-corrected chi connectivity index (χ4v) is 2.90. The van der Waals surface area contributed by atoms with Gasteiger partial charge in [-0.3, -0.25) is 4.79 Å². The average Bonchev–Trinajstić information content (AvgIpc) is 2.60. The van der Waals surface area contributed by atoms with Gasteiger partial charge in [0.2, 0.25) is 0 Å². The minimum absolute atomic E-state index is 0.564. The first-order valence-corrected chi connectivity index (χ1v) is 7.16. The van der Waals surface area contributed by atoms with Gasteiger partial charge in [0.1, 0.15) is 6.29 Å². The maximum Gasteiger partial charge on any atom is 0.150 e. The van der Waals surface area contributed by atoms with Crippen molar-refractivity contribution < 1.29 is 4.79 Å². The Morgan fingerprint density at radius 1 is 1.37 bits per heavy atom. The Kier molecular flexibility index (Phi) is 4.59. The molecule has 1 aromatic rings. The molecular weight excluding hydrogens is 236 g/mol. The summed E-state index contributed by atoms with van der Waals surface area (Å²) in [5.41, 5.74) is 3.12. The lowest BCUT2D eigenvalue weighted by atomic mass is 10.1. The van der Waals surface area contributed by atoms with Gasteiger partial charge < -0.3 is 9.80 Å². The highest BCUT2D eigenvalue weighted by Crippen LogP contribution is 2.24. The number of carbonyl (C=O) groups is 1. The predicted molar refractivity (Wildman–Crippen MR) is 80.1 cm³/mol. The molecular formula is C16H24N2O. The molecule has 1 unspecified atom stereocenters. The average molecular weight is 260 g/mol. The summed E-state index contributed by atoms with van der Waals surface area (Å²) in [6.45, 7) is 7.65. The molecule has 1 atom stereocenters. The molecule has 0 aromatic heterocycles. The summed E-state index contributed by atoms with van der Waals surface area (Å²) in [7, 11) is 2.20. The number of hydrogen-bond donors (Lipinski definition) is 0. The number of carbonyl (C=O) groups excluding carboxylic acids is 1. The lowest BCUT2D eigenvalue weighted by Gasteiger charge is -2.32. The van der Waals surface area contributed by atoms with Crippen LogP contribution in [0.5, 0.6) is 0 Å². The van der Waals surface area contributed by atoms with Gasteiger partial charge in [-0.25, -0.2) is 0 Å². The van der Waals surface area contributed by atoms with E-state index in [-0.39, 0.29) is 0 Å². The molecule has 19 heavy (non-hydrogen) atoms. The third-order valence-electron chi connectivity index (χ3n) is 4.09. The Bertz CT molecular complexity index is 444. The Labute approximate surface area is 116 Å². The van der Waals surface area contributed by atoms with E-state index in [2.05, 4.69) is 35.9 Å². The van der Waals surface area contributed by atoms with Crippen LogP contribution in [-0.4, -0.2) is 43.9 Å². The fraction of sp³-hybridized carbons (Fsp3) is 0.562. The summed E-state index contributed by atoms with van der Waals surface area (Å²) in [4.78, 5) is 15.8. The Morgan fingerprint density at radius 3 is 2.79 bits per heavy atom. The smallest absolute Gasteiger partial charge is 0.150 e. The third kappa shape index (κ3) is 3.16. The van der Waals surface area contributed by atoms with Gasteiger partial charge >= 0.3 is 0 Å². The minimum atomic E-state index is 0.564. The quantitative estimate of drug-likeness (QED) is 0.781. The minimum Gasteiger partial charge on any atom is -0.367 e. The number of aryl methyl sites for hydroxylation is 1. The monoisotopic (exact) mass is 260 g/mol. The van der Waals surface area contributed by atoms with E-state index in [0.29, 0.717) is 6.04 Å². The molecule has 1 heterocycles. The first-order chi connectivity index (χ1) is 9.15. The zero-order chi connectivity index (χ0) is 13.8. The first kappa shape index (κ1) is 14.1. The summed E-state index contributed by atoms with van der Waals surface area (Å²) in [5, 5.41) is 0. The number of benzene rings is 1. The van der Waals surface area contributed by atoms with Crippen LogP contribution in [0.1, 0.15) is 35.7 Å². The highest BCUT2D eigenvalue weighted by molar-refractivity contribution is 5.78. The van der Waals surface area contributed by atoms with Gasteiger partial charge in [0, 0.05) is 30.4 Å². The number of anilines is 1. The number of rotatable bonds is 3. The molecule has 0 bridgehead atoms. The number of nitrogens with zero attached hydrogens (tertiary/aromatic N) is 2. The summed E-state index contributed by atoms with van der Waals surface area (Å²) in [6, 6.07) is 6.75. The summed E-state index contributed by atoms with van der Waals surface area (Å²) < 4.78 is 0. The SMILES string of the molecule is CCC1CN(C)CCCN1c1ccc(C=O)c(C)c1. The van der Waals surface area contributed by atoms with Crippen LogP contribution >= 0.6 is 0 Å². The zero-order valence-electron chi connectivity index (χ0n) is 12.2. The van der Waals surface area contributed by atoms with Crippen molar-refractivity contribution in [2.24, 2.45) is 0 Å². The maximum absolute atomic E-state index is 10.9. The molecule has 0 aliphatic carbocycles. The van der Waals surface area contributed by atoms with E-state index >= 15 is 0 Å². The highest BCUT2D eigenvalue weighted by atomic mass is 16.1. The second kappa shape index (κ2) is 6.20. The second-order valence-corrected chi connectivity index (χ2v) is 5.53. The van der Waals surface area contributed by atoms with Gasteiger partial charge in [-0.05, 0) is 57.1 Å². The second-order valence-electron chi connectivity index (χ2n) is 5.53. The molecule has 1 saturated heterocycles. The van der Waals surface area contributed by atoms with Crippen molar-refractivity contribution in [3.63, 3.8) is 0 Å². The van der Waals surface area contributed by atoms with Crippen LogP contribution in [0.3, 0.4) is 0 Å². The largest absolute Gasteiger partial charge is 0.367 e. The van der Waals surface area contributed by atoms with Crippen molar-refractivity contribution >= 4 is 12.0 Å². The maximum atomic E-state index is 10.9. The van der Waals surface area contributed by atoms with Crippen LogP contribution in [0, 0.1) is 6.92 Å². The summed E-state index contributed by atoms with van der Waals surface area (Å²) in [6.07, 6.45) is 3.28. The van der Waals surface area contributed by atoms with E-state index < -0.39 is 0 Å². The van der Waals surface area contributed by atoms with Crippen molar-refractivity contribution in [2.45, 2.75) is 32.7 Å². The molecule has 0 radical (unpaired) electrons. The molecule has 0 N–H and O–H groups in total. The van der Waals surface area contributed by atoms with Crippen LogP contribution < -0.4 is 4.90 Å². The molecule has 0 spiro atoms. The van der Waals surface area contributed by atoms with E-state index in [1.807, 2.05) is 13.0 Å². The van der Waals surface area contributed by atoms with Crippen LogP contribution in [0.15, 0.2) is 18.2 Å². The topological polar surface area (TPSA) is 23.6 Å². The molecule has 1 fully saturated rings. The van der Waals surface area contributed by atoms with Crippen LogP contribution in [0.2, 0.25) is 0 Å². The van der Waals surface area contributed by atoms with Gasteiger partial charge in [-0.1, -0.05) is 6.92 Å². The molecule has 0 amide bonds. The fourth-order valence-electron chi connectivity index (χ4n) is 2.90. The molecule has 1 aromatic carbocycles. The zero-order valence-corrected chi connectivity index (χ0v) is 12.2. The Hall–Kier alpha value is -1.35. The van der Waals surface area contributed by atoms with Crippen LogP contribution in [-0.2, 0) is 0 Å². The molecule has 2 rings (SSSR count). The Balaban J connectivity index is 2.27. The van der Waals surface area contributed by atoms with Crippen molar-refractivity contribution in [2.75, 3.05) is 31.6 Å². The molecule has 3 nitrogen and oxygen atoms in total. The molecule has 0 saturated carbocycles. The summed E-state index contributed by atoms with van der Waals surface area (Å²) >= 11 is 0. The number of aldehydes is 1. The van der Waals surface area contributed by atoms with Crippen LogP contribution in [0.4, 0.5) is 5.69 Å². The number of likely N-dealkylation sites (N-methyl/N-ethyl adjacent to an activating group) is 1. The van der Waals surface area contributed by atoms with Crippen molar-refractivity contribution in [1.82, 2.24) is 4.90 Å². The van der Waals surface area contributed by atoms with Crippen molar-refractivity contribution in [3.8, 4) is 0 Å². The first-order valence-electron chi connectivity index (χ1n) is 7.16. The summed E-state index contributed by atoms with van der Waals surface area (Å²) in [5.74, 6) is 0. The normalized spacial score (nSPS) is 21.2. The Morgan fingerprint density at radius 2 is 2.16 bits per heavy atom. The third-order valence-corrected chi connectivity index (χ3v) is 4.09. The van der Waals surface area contributed by atoms with Crippen LogP contribution in [0.25, 0.3) is 0 Å². The lowest BCUT2D eigenvalue weighted by Crippen LogP contribution is -2.39. The molecule has 3 heteroatoms. The van der Waals surface area contributed by atoms with Gasteiger partial charge in [-0.2, -0.15) is 0 Å². The van der Waals surface area contributed by atoms with E-state index in [1.165, 1.54) is 18.7 Å². The highest BCUT2D eigenvalue weighted by Gasteiger charge is 2.22. The molecule has 1 aliphatic heterocycles. The van der Waals surface area contributed by atoms with Gasteiger partial charge in [-0.15, -0.1) is 0 Å². The predicted octanol–water partition coefficient (Wildman–Crippen LogP) is 2.73. The standard InChI is InChI=1S/C16H24N2O/c1-4-15-11-17(3)8-5-9-18(15)16-7-6-14(12-19)13(2)10-16/h6-7,10,12,15H,4-5,8-9,11H2,1-3H3. The van der Waals surface area contributed by atoms with E-state index in [0.717, 1.165) is 36.9 Å². The van der Waals surface area contributed by atoms with Gasteiger partial charge in [0.25, 0.3) is 0 Å². The van der Waals surface area contributed by atoms with Crippen molar-refractivity contribution in [1.29, 1.82) is 0 Å². The van der Waals surface area contributed by atoms with E-state index in [4.69, 9.17) is 0 Å². The van der Waals surface area contributed by atoms with Crippen molar-refractivity contribution in [3.05, 3.63) is 29.3 Å². The number of hydrogen-bond acceptors (Lipinski definition) is 3. The molecule has 1 aliphatic rings.